The molecule has 0 saturated heterocycles. The molecule has 0 bridgehead atoms. The largest absolute Gasteiger partial charge is 0.452 e. The molecule has 0 aromatic heterocycles. The van der Waals surface area contributed by atoms with Crippen LogP contribution in [0.2, 0.25) is 0 Å². The molecule has 0 spiro atoms. The van der Waals surface area contributed by atoms with Gasteiger partial charge in [0.15, 0.2) is 6.10 Å². The summed E-state index contributed by atoms with van der Waals surface area (Å²) in [5.74, 6) is -0.778. The third-order valence-electron chi connectivity index (χ3n) is 3.39. The first-order valence-corrected chi connectivity index (χ1v) is 9.03. The summed E-state index contributed by atoms with van der Waals surface area (Å²) in [6.45, 7) is 3.52. The number of hydrogen-bond acceptors (Lipinski definition) is 5. The predicted molar refractivity (Wildman–Crippen MR) is 93.9 cm³/mol. The van der Waals surface area contributed by atoms with Crippen LogP contribution < -0.4 is 10.6 Å². The van der Waals surface area contributed by atoms with E-state index in [1.807, 2.05) is 31.2 Å². The molecule has 24 heavy (non-hydrogen) atoms. The van der Waals surface area contributed by atoms with Gasteiger partial charge in [-0.3, -0.25) is 14.4 Å². The van der Waals surface area contributed by atoms with Gasteiger partial charge in [0.1, 0.15) is 0 Å². The Kier molecular flexibility index (Phi) is 6.66. The first-order valence-electron chi connectivity index (χ1n) is 7.88. The molecule has 0 radical (unpaired) electrons. The monoisotopic (exact) mass is 350 g/mol. The summed E-state index contributed by atoms with van der Waals surface area (Å²) in [7, 11) is 0. The summed E-state index contributed by atoms with van der Waals surface area (Å²) < 4.78 is 5.05. The maximum absolute atomic E-state index is 11.8. The van der Waals surface area contributed by atoms with Crippen LogP contribution in [0.5, 0.6) is 0 Å². The summed E-state index contributed by atoms with van der Waals surface area (Å²) >= 11 is 1.15. The Morgan fingerprint density at radius 2 is 1.88 bits per heavy atom. The molecule has 130 valence electrons. The first kappa shape index (κ1) is 18.3. The summed E-state index contributed by atoms with van der Waals surface area (Å²) in [4.78, 5) is 35.2. The van der Waals surface area contributed by atoms with Crippen LogP contribution >= 0.6 is 11.8 Å². The van der Waals surface area contributed by atoms with Crippen LogP contribution in [0, 0.1) is 6.92 Å². The summed E-state index contributed by atoms with van der Waals surface area (Å²) in [6.07, 6.45) is 1.16. The van der Waals surface area contributed by atoms with E-state index in [1.165, 1.54) is 0 Å². The van der Waals surface area contributed by atoms with Crippen molar-refractivity contribution in [2.45, 2.75) is 38.8 Å². The number of aryl methyl sites for hydroxylation is 1. The van der Waals surface area contributed by atoms with Gasteiger partial charge < -0.3 is 15.4 Å². The molecule has 1 saturated carbocycles. The number of benzene rings is 1. The zero-order valence-corrected chi connectivity index (χ0v) is 14.7. The van der Waals surface area contributed by atoms with Crippen LogP contribution in [-0.2, 0) is 19.1 Å². The fourth-order valence-electron chi connectivity index (χ4n) is 1.89. The molecule has 2 amide bonds. The number of hydrogen-bond donors (Lipinski definition) is 2. The second-order valence-electron chi connectivity index (χ2n) is 5.82. The van der Waals surface area contributed by atoms with Crippen LogP contribution in [0.1, 0.15) is 25.3 Å². The lowest BCUT2D eigenvalue weighted by Crippen LogP contribution is -2.37. The van der Waals surface area contributed by atoms with Gasteiger partial charge in [0.25, 0.3) is 5.91 Å². The Balaban J connectivity index is 1.61. The van der Waals surface area contributed by atoms with E-state index in [0.717, 1.165) is 35.9 Å². The zero-order valence-electron chi connectivity index (χ0n) is 13.8. The molecule has 1 aliphatic rings. The number of thioether (sulfide) groups is 1. The molecule has 2 N–H and O–H groups in total. The van der Waals surface area contributed by atoms with Crippen molar-refractivity contribution in [1.29, 1.82) is 0 Å². The second-order valence-corrected chi connectivity index (χ2v) is 6.81. The van der Waals surface area contributed by atoms with E-state index in [9.17, 15) is 14.4 Å². The highest BCUT2D eigenvalue weighted by atomic mass is 32.2. The number of nitrogens with one attached hydrogen (secondary N) is 2. The minimum atomic E-state index is -0.805. The maximum Gasteiger partial charge on any atom is 0.316 e. The Labute approximate surface area is 145 Å². The summed E-state index contributed by atoms with van der Waals surface area (Å²) in [5, 5.41) is 5.53. The fourth-order valence-corrected chi connectivity index (χ4v) is 2.49. The number of esters is 1. The quantitative estimate of drug-likeness (QED) is 0.699. The zero-order chi connectivity index (χ0) is 17.5. The Hall–Kier alpha value is -2.02. The van der Waals surface area contributed by atoms with Gasteiger partial charge in [0.05, 0.1) is 11.5 Å². The molecule has 1 fully saturated rings. The van der Waals surface area contributed by atoms with Crippen molar-refractivity contribution in [2.75, 3.05) is 16.8 Å². The van der Waals surface area contributed by atoms with Crippen molar-refractivity contribution in [3.8, 4) is 0 Å². The molecule has 7 heteroatoms. The number of carbonyl (C=O) groups excluding carboxylic acids is 3. The van der Waals surface area contributed by atoms with Crippen LogP contribution in [0.25, 0.3) is 0 Å². The number of amides is 2. The lowest BCUT2D eigenvalue weighted by Gasteiger charge is -2.13. The average molecular weight is 350 g/mol. The highest BCUT2D eigenvalue weighted by molar-refractivity contribution is 8.00. The smallest absolute Gasteiger partial charge is 0.316 e. The van der Waals surface area contributed by atoms with E-state index < -0.39 is 12.1 Å². The van der Waals surface area contributed by atoms with Crippen molar-refractivity contribution in [2.24, 2.45) is 0 Å². The lowest BCUT2D eigenvalue weighted by atomic mass is 10.2. The highest BCUT2D eigenvalue weighted by Crippen LogP contribution is 2.18. The molecule has 0 unspecified atom stereocenters. The van der Waals surface area contributed by atoms with Crippen LogP contribution in [-0.4, -0.2) is 41.4 Å². The maximum atomic E-state index is 11.8. The molecule has 1 aliphatic carbocycles. The third-order valence-corrected chi connectivity index (χ3v) is 4.30. The molecule has 6 nitrogen and oxygen atoms in total. The van der Waals surface area contributed by atoms with E-state index in [0.29, 0.717) is 0 Å². The minimum absolute atomic E-state index is 0.0301. The van der Waals surface area contributed by atoms with E-state index in [4.69, 9.17) is 4.74 Å². The SMILES string of the molecule is Cc1ccc(NC(=O)CSCC(=O)O[C@H](C)C(=O)NC2CC2)cc1. The Bertz CT molecular complexity index is 599. The van der Waals surface area contributed by atoms with Gasteiger partial charge in [-0.15, -0.1) is 11.8 Å². The van der Waals surface area contributed by atoms with Crippen LogP contribution in [0.3, 0.4) is 0 Å². The average Bonchev–Trinajstić information content (AvgIpc) is 3.33. The molecule has 2 rings (SSSR count). The molecule has 1 atom stereocenters. The van der Waals surface area contributed by atoms with Crippen molar-refractivity contribution in [3.63, 3.8) is 0 Å². The molecule has 0 heterocycles. The van der Waals surface area contributed by atoms with Crippen LogP contribution in [0.15, 0.2) is 24.3 Å². The van der Waals surface area contributed by atoms with Crippen molar-refractivity contribution >= 4 is 35.2 Å². The number of anilines is 1. The second kappa shape index (κ2) is 8.73. The lowest BCUT2D eigenvalue weighted by molar-refractivity contribution is -0.152. The van der Waals surface area contributed by atoms with E-state index >= 15 is 0 Å². The summed E-state index contributed by atoms with van der Waals surface area (Å²) in [5.41, 5.74) is 1.84. The van der Waals surface area contributed by atoms with Gasteiger partial charge in [-0.05, 0) is 38.8 Å². The van der Waals surface area contributed by atoms with Gasteiger partial charge in [0, 0.05) is 11.7 Å². The highest BCUT2D eigenvalue weighted by Gasteiger charge is 2.27. The fraction of sp³-hybridized carbons (Fsp3) is 0.471. The molecule has 0 aliphatic heterocycles. The van der Waals surface area contributed by atoms with Gasteiger partial charge in [0.2, 0.25) is 5.91 Å². The van der Waals surface area contributed by atoms with Crippen LogP contribution in [0.4, 0.5) is 5.69 Å². The van der Waals surface area contributed by atoms with E-state index in [2.05, 4.69) is 10.6 Å². The van der Waals surface area contributed by atoms with Gasteiger partial charge in [-0.25, -0.2) is 0 Å². The predicted octanol–water partition coefficient (Wildman–Crippen LogP) is 1.88. The molecular formula is C17H22N2O4S. The van der Waals surface area contributed by atoms with Crippen molar-refractivity contribution in [1.82, 2.24) is 5.32 Å². The Morgan fingerprint density at radius 3 is 2.50 bits per heavy atom. The number of rotatable bonds is 8. The molecule has 1 aromatic rings. The number of carbonyl (C=O) groups is 3. The third kappa shape index (κ3) is 6.62. The van der Waals surface area contributed by atoms with Gasteiger partial charge >= 0.3 is 5.97 Å². The molecule has 1 aromatic carbocycles. The Morgan fingerprint density at radius 1 is 1.21 bits per heavy atom. The van der Waals surface area contributed by atoms with Gasteiger partial charge in [-0.1, -0.05) is 17.7 Å². The normalized spacial score (nSPS) is 14.6. The van der Waals surface area contributed by atoms with E-state index in [1.54, 1.807) is 6.92 Å². The van der Waals surface area contributed by atoms with Crippen molar-refractivity contribution < 1.29 is 19.1 Å². The first-order chi connectivity index (χ1) is 11.4. The van der Waals surface area contributed by atoms with E-state index in [-0.39, 0.29) is 29.4 Å². The topological polar surface area (TPSA) is 84.5 Å². The summed E-state index contributed by atoms with van der Waals surface area (Å²) in [6, 6.07) is 7.71. The standard InChI is InChI=1S/C17H22N2O4S/c1-11-3-5-13(6-4-11)18-15(20)9-24-10-16(21)23-12(2)17(22)19-14-7-8-14/h3-6,12,14H,7-10H2,1-2H3,(H,18,20)(H,19,22)/t12-/m1/s1. The molecular weight excluding hydrogens is 328 g/mol. The van der Waals surface area contributed by atoms with Gasteiger partial charge in [-0.2, -0.15) is 0 Å². The minimum Gasteiger partial charge on any atom is -0.452 e. The number of ether oxygens (including phenoxy) is 1. The van der Waals surface area contributed by atoms with Crippen molar-refractivity contribution in [3.05, 3.63) is 29.8 Å².